The number of pyridine rings is 2. The molecule has 0 aliphatic rings. The molecule has 1 unspecified atom stereocenters. The predicted octanol–water partition coefficient (Wildman–Crippen LogP) is 3.09. The maximum absolute atomic E-state index is 4.58. The third-order valence-electron chi connectivity index (χ3n) is 3.67. The van der Waals surface area contributed by atoms with Gasteiger partial charge in [-0.1, -0.05) is 13.0 Å². The number of hydrogen-bond donors (Lipinski definition) is 1. The second-order valence-electron chi connectivity index (χ2n) is 5.32. The van der Waals surface area contributed by atoms with Gasteiger partial charge >= 0.3 is 0 Å². The number of rotatable bonds is 6. The lowest BCUT2D eigenvalue weighted by Gasteiger charge is -2.20. The molecule has 1 atom stereocenters. The molecule has 2 aromatic heterocycles. The van der Waals surface area contributed by atoms with E-state index in [-0.39, 0.29) is 0 Å². The van der Waals surface area contributed by atoms with Crippen molar-refractivity contribution < 1.29 is 0 Å². The molecule has 2 aromatic rings. The normalized spacial score (nSPS) is 12.2. The van der Waals surface area contributed by atoms with Crippen LogP contribution < -0.4 is 10.2 Å². The van der Waals surface area contributed by atoms with Gasteiger partial charge in [-0.05, 0) is 44.7 Å². The van der Waals surface area contributed by atoms with Gasteiger partial charge in [0, 0.05) is 18.8 Å². The van der Waals surface area contributed by atoms with Crippen LogP contribution in [0.2, 0.25) is 0 Å². The minimum Gasteiger partial charge on any atom is -0.367 e. The molecule has 2 heterocycles. The molecule has 112 valence electrons. The first-order chi connectivity index (χ1) is 10.1. The number of nitrogens with one attached hydrogen (secondary N) is 1. The first kappa shape index (κ1) is 15.4. The van der Waals surface area contributed by atoms with E-state index >= 15 is 0 Å². The molecular formula is C17H24N4. The zero-order valence-electron chi connectivity index (χ0n) is 13.3. The summed E-state index contributed by atoms with van der Waals surface area (Å²) in [5, 5.41) is 3.28. The fourth-order valence-electron chi connectivity index (χ4n) is 2.41. The zero-order chi connectivity index (χ0) is 15.2. The van der Waals surface area contributed by atoms with Crippen molar-refractivity contribution in [3.05, 3.63) is 53.6 Å². The summed E-state index contributed by atoms with van der Waals surface area (Å²) in [6.07, 6.45) is 2.97. The quantitative estimate of drug-likeness (QED) is 0.885. The number of anilines is 1. The Morgan fingerprint density at radius 3 is 2.62 bits per heavy atom. The van der Waals surface area contributed by atoms with E-state index in [1.807, 2.05) is 32.3 Å². The minimum atomic E-state index is 0.322. The van der Waals surface area contributed by atoms with E-state index in [1.54, 1.807) is 0 Å². The number of aryl methyl sites for hydroxylation is 1. The molecule has 0 amide bonds. The molecular weight excluding hydrogens is 260 g/mol. The van der Waals surface area contributed by atoms with Crippen LogP contribution in [0.4, 0.5) is 5.69 Å². The highest BCUT2D eigenvalue weighted by Crippen LogP contribution is 2.18. The van der Waals surface area contributed by atoms with E-state index in [4.69, 9.17) is 0 Å². The summed E-state index contributed by atoms with van der Waals surface area (Å²) < 4.78 is 0. The Morgan fingerprint density at radius 1 is 1.24 bits per heavy atom. The molecule has 1 N–H and O–H groups in total. The molecule has 4 nitrogen and oxygen atoms in total. The highest BCUT2D eigenvalue weighted by Gasteiger charge is 2.09. The van der Waals surface area contributed by atoms with Gasteiger partial charge in [-0.25, -0.2) is 0 Å². The third kappa shape index (κ3) is 4.02. The van der Waals surface area contributed by atoms with Gasteiger partial charge in [-0.2, -0.15) is 0 Å². The molecule has 0 spiro atoms. The summed E-state index contributed by atoms with van der Waals surface area (Å²) in [5.41, 5.74) is 4.32. The van der Waals surface area contributed by atoms with Gasteiger partial charge in [0.05, 0.1) is 29.8 Å². The van der Waals surface area contributed by atoms with Crippen LogP contribution in [0.1, 0.15) is 36.5 Å². The van der Waals surface area contributed by atoms with E-state index in [9.17, 15) is 0 Å². The van der Waals surface area contributed by atoms with E-state index in [2.05, 4.69) is 52.4 Å². The van der Waals surface area contributed by atoms with Crippen LogP contribution in [0.25, 0.3) is 0 Å². The van der Waals surface area contributed by atoms with E-state index in [1.165, 1.54) is 0 Å². The molecule has 0 radical (unpaired) electrons. The second-order valence-corrected chi connectivity index (χ2v) is 5.32. The average molecular weight is 284 g/mol. The highest BCUT2D eigenvalue weighted by molar-refractivity contribution is 5.44. The SMILES string of the molecule is CCC(NC)c1ccc(N(C)Cc2cccc(C)n2)cn1. The lowest BCUT2D eigenvalue weighted by Crippen LogP contribution is -2.19. The Hall–Kier alpha value is -1.94. The average Bonchev–Trinajstić information content (AvgIpc) is 2.49. The van der Waals surface area contributed by atoms with Gasteiger partial charge in [0.15, 0.2) is 0 Å². The Labute approximate surface area is 127 Å². The number of aromatic nitrogens is 2. The fourth-order valence-corrected chi connectivity index (χ4v) is 2.41. The maximum Gasteiger partial charge on any atom is 0.0600 e. The van der Waals surface area contributed by atoms with Crippen molar-refractivity contribution in [2.45, 2.75) is 32.9 Å². The van der Waals surface area contributed by atoms with Crippen LogP contribution in [-0.2, 0) is 6.54 Å². The molecule has 0 bridgehead atoms. The summed E-state index contributed by atoms with van der Waals surface area (Å²) in [5.74, 6) is 0. The second kappa shape index (κ2) is 7.18. The highest BCUT2D eigenvalue weighted by atomic mass is 15.1. The van der Waals surface area contributed by atoms with Crippen LogP contribution in [0.15, 0.2) is 36.5 Å². The smallest absolute Gasteiger partial charge is 0.0600 e. The Bertz CT molecular complexity index is 561. The largest absolute Gasteiger partial charge is 0.367 e. The summed E-state index contributed by atoms with van der Waals surface area (Å²) in [7, 11) is 4.04. The molecule has 0 fully saturated rings. The van der Waals surface area contributed by atoms with Crippen molar-refractivity contribution in [2.75, 3.05) is 19.0 Å². The Balaban J connectivity index is 2.07. The van der Waals surface area contributed by atoms with Gasteiger partial charge < -0.3 is 10.2 Å². The van der Waals surface area contributed by atoms with Crippen molar-refractivity contribution in [3.63, 3.8) is 0 Å². The lowest BCUT2D eigenvalue weighted by molar-refractivity contribution is 0.561. The van der Waals surface area contributed by atoms with E-state index < -0.39 is 0 Å². The zero-order valence-corrected chi connectivity index (χ0v) is 13.3. The van der Waals surface area contributed by atoms with Gasteiger partial charge in [0.1, 0.15) is 0 Å². The van der Waals surface area contributed by atoms with Crippen LogP contribution in [-0.4, -0.2) is 24.1 Å². The molecule has 0 saturated heterocycles. The summed E-state index contributed by atoms with van der Waals surface area (Å²) in [6, 6.07) is 10.7. The lowest BCUT2D eigenvalue weighted by atomic mass is 10.1. The minimum absolute atomic E-state index is 0.322. The number of nitrogens with zero attached hydrogens (tertiary/aromatic N) is 3. The molecule has 0 aromatic carbocycles. The van der Waals surface area contributed by atoms with Gasteiger partial charge in [0.25, 0.3) is 0 Å². The maximum atomic E-state index is 4.58. The van der Waals surface area contributed by atoms with Crippen molar-refractivity contribution in [3.8, 4) is 0 Å². The van der Waals surface area contributed by atoms with Gasteiger partial charge in [0.2, 0.25) is 0 Å². The third-order valence-corrected chi connectivity index (χ3v) is 3.67. The van der Waals surface area contributed by atoms with Crippen molar-refractivity contribution >= 4 is 5.69 Å². The van der Waals surface area contributed by atoms with Gasteiger partial charge in [-0.3, -0.25) is 9.97 Å². The Morgan fingerprint density at radius 2 is 2.05 bits per heavy atom. The Kier molecular flexibility index (Phi) is 5.28. The predicted molar refractivity (Wildman–Crippen MR) is 87.4 cm³/mol. The molecule has 0 aliphatic heterocycles. The van der Waals surface area contributed by atoms with Gasteiger partial charge in [-0.15, -0.1) is 0 Å². The molecule has 4 heteroatoms. The van der Waals surface area contributed by atoms with Crippen molar-refractivity contribution in [2.24, 2.45) is 0 Å². The van der Waals surface area contributed by atoms with E-state index in [0.29, 0.717) is 6.04 Å². The van der Waals surface area contributed by atoms with Crippen LogP contribution in [0.3, 0.4) is 0 Å². The standard InChI is InChI=1S/C17H24N4/c1-5-16(18-3)17-10-9-15(11-19-17)21(4)12-14-8-6-7-13(2)20-14/h6-11,16,18H,5,12H2,1-4H3. The van der Waals surface area contributed by atoms with Crippen molar-refractivity contribution in [1.29, 1.82) is 0 Å². The molecule has 0 aliphatic carbocycles. The molecule has 0 saturated carbocycles. The first-order valence-corrected chi connectivity index (χ1v) is 7.41. The van der Waals surface area contributed by atoms with E-state index in [0.717, 1.165) is 35.7 Å². The first-order valence-electron chi connectivity index (χ1n) is 7.41. The summed E-state index contributed by atoms with van der Waals surface area (Å²) >= 11 is 0. The summed E-state index contributed by atoms with van der Waals surface area (Å²) in [4.78, 5) is 11.3. The molecule has 21 heavy (non-hydrogen) atoms. The van der Waals surface area contributed by atoms with Crippen molar-refractivity contribution in [1.82, 2.24) is 15.3 Å². The monoisotopic (exact) mass is 284 g/mol. The van der Waals surface area contributed by atoms with Crippen LogP contribution >= 0.6 is 0 Å². The summed E-state index contributed by atoms with van der Waals surface area (Å²) in [6.45, 7) is 4.96. The van der Waals surface area contributed by atoms with Crippen LogP contribution in [0.5, 0.6) is 0 Å². The molecule has 2 rings (SSSR count). The topological polar surface area (TPSA) is 41.0 Å². The number of hydrogen-bond acceptors (Lipinski definition) is 4. The fraction of sp³-hybridized carbons (Fsp3) is 0.412. The van der Waals surface area contributed by atoms with Crippen LogP contribution in [0, 0.1) is 6.92 Å².